The molecule has 0 saturated carbocycles. The van der Waals surface area contributed by atoms with Gasteiger partial charge >= 0.3 is 0 Å². The summed E-state index contributed by atoms with van der Waals surface area (Å²) in [5.41, 5.74) is 15.1. The van der Waals surface area contributed by atoms with Gasteiger partial charge in [-0.15, -0.1) is 0 Å². The smallest absolute Gasteiger partial charge is 0.245 e. The molecule has 2 unspecified atom stereocenters. The number of hydrogen-bond acceptors (Lipinski definition) is 4. The van der Waals surface area contributed by atoms with E-state index in [0.29, 0.717) is 29.5 Å². The molecule has 0 bridgehead atoms. The molecular formula is C21H26N4O2. The zero-order chi connectivity index (χ0) is 19.6. The van der Waals surface area contributed by atoms with E-state index in [2.05, 4.69) is 18.5 Å². The first-order valence-electron chi connectivity index (χ1n) is 9.06. The molecule has 6 N–H and O–H groups in total. The lowest BCUT2D eigenvalue weighted by molar-refractivity contribution is -0.127. The van der Waals surface area contributed by atoms with Gasteiger partial charge in [-0.3, -0.25) is 4.79 Å². The number of piperidine rings is 1. The number of para-hydroxylation sites is 1. The van der Waals surface area contributed by atoms with Crippen LogP contribution < -0.4 is 11.5 Å². The van der Waals surface area contributed by atoms with Gasteiger partial charge in [-0.2, -0.15) is 0 Å². The fourth-order valence-electron chi connectivity index (χ4n) is 3.59. The number of rotatable bonds is 4. The number of benzene rings is 1. The summed E-state index contributed by atoms with van der Waals surface area (Å²) in [5.74, 6) is 1.18. The summed E-state index contributed by atoms with van der Waals surface area (Å²) >= 11 is 0. The number of likely N-dealkylation sites (tertiary alicyclic amines) is 1. The summed E-state index contributed by atoms with van der Waals surface area (Å²) in [6, 6.07) is 8.89. The van der Waals surface area contributed by atoms with Gasteiger partial charge in [0.2, 0.25) is 5.91 Å². The number of H-pyrrole nitrogens is 1. The molecule has 0 radical (unpaired) electrons. The maximum atomic E-state index is 12.0. The summed E-state index contributed by atoms with van der Waals surface area (Å²) in [5, 5.41) is 9.97. The number of carbonyl (C=O) groups excluding carboxylic acids is 1. The van der Waals surface area contributed by atoms with Gasteiger partial charge in [0.15, 0.2) is 0 Å². The third kappa shape index (κ3) is 3.84. The minimum Gasteiger partial charge on any atom is -0.507 e. The van der Waals surface area contributed by atoms with Crippen molar-refractivity contribution in [3.63, 3.8) is 0 Å². The second-order valence-electron chi connectivity index (χ2n) is 7.07. The maximum Gasteiger partial charge on any atom is 0.245 e. The minimum atomic E-state index is -0.0460. The Bertz CT molecular complexity index is 884. The van der Waals surface area contributed by atoms with Gasteiger partial charge in [0, 0.05) is 41.5 Å². The SMILES string of the molecule is C=CC(=O)N1CCC(C)C(c2cc(/C=C(\N)c3ccccc3O)c(N)[nH]2)C1. The number of aromatic amines is 1. The molecule has 1 amide bonds. The highest BCUT2D eigenvalue weighted by atomic mass is 16.3. The maximum absolute atomic E-state index is 12.0. The van der Waals surface area contributed by atoms with Gasteiger partial charge in [0.05, 0.1) is 0 Å². The van der Waals surface area contributed by atoms with E-state index in [1.54, 1.807) is 24.3 Å². The van der Waals surface area contributed by atoms with Gasteiger partial charge in [-0.05, 0) is 42.7 Å². The van der Waals surface area contributed by atoms with Gasteiger partial charge < -0.3 is 26.5 Å². The molecule has 27 heavy (non-hydrogen) atoms. The zero-order valence-electron chi connectivity index (χ0n) is 15.5. The number of aromatic nitrogens is 1. The molecule has 6 nitrogen and oxygen atoms in total. The molecule has 1 saturated heterocycles. The van der Waals surface area contributed by atoms with E-state index >= 15 is 0 Å². The van der Waals surface area contributed by atoms with Crippen molar-refractivity contribution < 1.29 is 9.90 Å². The highest BCUT2D eigenvalue weighted by molar-refractivity contribution is 5.87. The van der Waals surface area contributed by atoms with Crippen LogP contribution in [0.15, 0.2) is 43.0 Å². The van der Waals surface area contributed by atoms with Crippen molar-refractivity contribution in [3.8, 4) is 5.75 Å². The van der Waals surface area contributed by atoms with Crippen LogP contribution >= 0.6 is 0 Å². The van der Waals surface area contributed by atoms with Crippen LogP contribution in [0.4, 0.5) is 5.82 Å². The van der Waals surface area contributed by atoms with Crippen LogP contribution in [0.2, 0.25) is 0 Å². The monoisotopic (exact) mass is 366 g/mol. The van der Waals surface area contributed by atoms with Gasteiger partial charge in [0.25, 0.3) is 0 Å². The van der Waals surface area contributed by atoms with E-state index in [4.69, 9.17) is 11.5 Å². The number of nitrogens with two attached hydrogens (primary N) is 2. The molecule has 1 aromatic carbocycles. The fraction of sp³-hybridized carbons (Fsp3) is 0.286. The number of aromatic hydroxyl groups is 1. The van der Waals surface area contributed by atoms with Crippen molar-refractivity contribution in [2.75, 3.05) is 18.8 Å². The predicted octanol–water partition coefficient (Wildman–Crippen LogP) is 2.90. The van der Waals surface area contributed by atoms with E-state index in [1.165, 1.54) is 6.08 Å². The first-order chi connectivity index (χ1) is 12.9. The van der Waals surface area contributed by atoms with Crippen molar-refractivity contribution in [1.29, 1.82) is 0 Å². The molecule has 0 aliphatic carbocycles. The van der Waals surface area contributed by atoms with Gasteiger partial charge in [0.1, 0.15) is 11.6 Å². The number of carbonyl (C=O) groups is 1. The van der Waals surface area contributed by atoms with E-state index in [9.17, 15) is 9.90 Å². The van der Waals surface area contributed by atoms with Crippen LogP contribution in [0.3, 0.4) is 0 Å². The Morgan fingerprint density at radius 3 is 2.85 bits per heavy atom. The Balaban J connectivity index is 1.87. The average molecular weight is 366 g/mol. The lowest BCUT2D eigenvalue weighted by Crippen LogP contribution is -2.41. The average Bonchev–Trinajstić information content (AvgIpc) is 3.02. The fourth-order valence-corrected chi connectivity index (χ4v) is 3.59. The number of phenolic OH excluding ortho intramolecular Hbond substituents is 1. The van der Waals surface area contributed by atoms with Crippen LogP contribution in [-0.4, -0.2) is 34.0 Å². The first kappa shape index (κ1) is 18.6. The highest BCUT2D eigenvalue weighted by Gasteiger charge is 2.30. The highest BCUT2D eigenvalue weighted by Crippen LogP contribution is 2.34. The number of amides is 1. The quantitative estimate of drug-likeness (QED) is 0.624. The molecule has 2 aromatic rings. The van der Waals surface area contributed by atoms with Gasteiger partial charge in [-0.25, -0.2) is 0 Å². The Morgan fingerprint density at radius 2 is 2.15 bits per heavy atom. The normalized spacial score (nSPS) is 20.5. The second kappa shape index (κ2) is 7.61. The molecule has 1 aliphatic heterocycles. The summed E-state index contributed by atoms with van der Waals surface area (Å²) in [6.45, 7) is 7.13. The van der Waals surface area contributed by atoms with E-state index < -0.39 is 0 Å². The largest absolute Gasteiger partial charge is 0.507 e. The Kier molecular flexibility index (Phi) is 5.26. The van der Waals surface area contributed by atoms with Gasteiger partial charge in [-0.1, -0.05) is 25.6 Å². The molecule has 3 rings (SSSR count). The van der Waals surface area contributed by atoms with Crippen molar-refractivity contribution in [2.24, 2.45) is 11.7 Å². The number of nitrogen functional groups attached to an aromatic ring is 1. The molecule has 2 atom stereocenters. The van der Waals surface area contributed by atoms with Crippen molar-refractivity contribution in [1.82, 2.24) is 9.88 Å². The number of nitrogens with zero attached hydrogens (tertiary/aromatic N) is 1. The van der Waals surface area contributed by atoms with Crippen LogP contribution in [0, 0.1) is 5.92 Å². The van der Waals surface area contributed by atoms with Crippen LogP contribution in [0.1, 0.15) is 36.1 Å². The Hall–Kier alpha value is -3.15. The standard InChI is InChI=1S/C21H26N4O2/c1-3-20(27)25-9-8-13(2)16(12-25)18-11-14(21(23)24-18)10-17(22)15-6-4-5-7-19(15)26/h3-7,10-11,13,16,24,26H,1,8-9,12,22-23H2,2H3/b17-10-. The molecule has 6 heteroatoms. The van der Waals surface area contributed by atoms with E-state index in [1.807, 2.05) is 17.0 Å². The van der Waals surface area contributed by atoms with Crippen molar-refractivity contribution in [3.05, 3.63) is 59.8 Å². The lowest BCUT2D eigenvalue weighted by atomic mass is 9.84. The first-order valence-corrected chi connectivity index (χ1v) is 9.06. The molecule has 1 fully saturated rings. The number of anilines is 1. The van der Waals surface area contributed by atoms with Crippen molar-refractivity contribution in [2.45, 2.75) is 19.3 Å². The van der Waals surface area contributed by atoms with Crippen LogP contribution in [-0.2, 0) is 4.79 Å². The van der Waals surface area contributed by atoms with Crippen LogP contribution in [0.25, 0.3) is 11.8 Å². The third-order valence-electron chi connectivity index (χ3n) is 5.27. The third-order valence-corrected chi connectivity index (χ3v) is 5.27. The molecular weight excluding hydrogens is 340 g/mol. The molecule has 0 spiro atoms. The Morgan fingerprint density at radius 1 is 1.41 bits per heavy atom. The topological polar surface area (TPSA) is 108 Å². The molecule has 142 valence electrons. The molecule has 1 aliphatic rings. The second-order valence-corrected chi connectivity index (χ2v) is 7.07. The van der Waals surface area contributed by atoms with E-state index in [0.717, 1.165) is 24.2 Å². The summed E-state index contributed by atoms with van der Waals surface area (Å²) in [6.07, 6.45) is 4.04. The van der Waals surface area contributed by atoms with Crippen molar-refractivity contribution >= 4 is 23.5 Å². The Labute approximate surface area is 159 Å². The molecule has 2 heterocycles. The van der Waals surface area contributed by atoms with Crippen LogP contribution in [0.5, 0.6) is 5.75 Å². The number of phenols is 1. The number of hydrogen-bond donors (Lipinski definition) is 4. The molecule has 1 aromatic heterocycles. The summed E-state index contributed by atoms with van der Waals surface area (Å²) < 4.78 is 0. The lowest BCUT2D eigenvalue weighted by Gasteiger charge is -2.36. The zero-order valence-corrected chi connectivity index (χ0v) is 15.5. The number of nitrogens with one attached hydrogen (secondary N) is 1. The summed E-state index contributed by atoms with van der Waals surface area (Å²) in [4.78, 5) is 17.0. The minimum absolute atomic E-state index is 0.0460. The van der Waals surface area contributed by atoms with E-state index in [-0.39, 0.29) is 17.6 Å². The summed E-state index contributed by atoms with van der Waals surface area (Å²) in [7, 11) is 0. The predicted molar refractivity (Wildman–Crippen MR) is 109 cm³/mol.